The van der Waals surface area contributed by atoms with Crippen molar-refractivity contribution in [3.8, 4) is 17.2 Å². The lowest BCUT2D eigenvalue weighted by atomic mass is 10.2. The van der Waals surface area contributed by atoms with Gasteiger partial charge in [-0.3, -0.25) is 14.2 Å². The summed E-state index contributed by atoms with van der Waals surface area (Å²) in [5.74, 6) is 0.0566. The lowest BCUT2D eigenvalue weighted by molar-refractivity contribution is -0.121. The molecule has 0 aliphatic carbocycles. The third-order valence-electron chi connectivity index (χ3n) is 4.72. The van der Waals surface area contributed by atoms with Gasteiger partial charge < -0.3 is 9.84 Å². The summed E-state index contributed by atoms with van der Waals surface area (Å²) < 4.78 is 7.23. The highest BCUT2D eigenvalue weighted by atomic mass is 16.5. The highest BCUT2D eigenvalue weighted by Gasteiger charge is 2.19. The fourth-order valence-corrected chi connectivity index (χ4v) is 2.69. The maximum absolute atomic E-state index is 12.6. The minimum atomic E-state index is -0.634. The van der Waals surface area contributed by atoms with Crippen LogP contribution >= 0.6 is 0 Å². The van der Waals surface area contributed by atoms with Gasteiger partial charge in [0.25, 0.3) is 5.56 Å². The summed E-state index contributed by atoms with van der Waals surface area (Å²) in [5, 5.41) is 10.8. The zero-order valence-electron chi connectivity index (χ0n) is 17.4. The molecule has 1 aromatic carbocycles. The summed E-state index contributed by atoms with van der Waals surface area (Å²) in [4.78, 5) is 41.2. The Kier molecular flexibility index (Phi) is 6.24. The van der Waals surface area contributed by atoms with Crippen molar-refractivity contribution in [3.05, 3.63) is 56.6 Å². The second-order valence-electron chi connectivity index (χ2n) is 7.13. The minimum absolute atomic E-state index is 0.0335. The summed E-state index contributed by atoms with van der Waals surface area (Å²) in [6.45, 7) is 5.84. The fraction of sp³-hybridized carbons (Fsp3) is 0.400. The van der Waals surface area contributed by atoms with Crippen LogP contribution in [0.5, 0.6) is 0 Å². The Hall–Kier alpha value is -3.56. The molecule has 0 saturated heterocycles. The molecule has 3 rings (SSSR count). The number of nitrogens with zero attached hydrogens (tertiary/aromatic N) is 5. The highest BCUT2D eigenvalue weighted by Crippen LogP contribution is 2.11. The lowest BCUT2D eigenvalue weighted by Gasteiger charge is -2.10. The largest absolute Gasteiger partial charge is 0.354 e. The number of rotatable bonds is 7. The van der Waals surface area contributed by atoms with Crippen LogP contribution in [0.1, 0.15) is 38.1 Å². The van der Waals surface area contributed by atoms with Gasteiger partial charge >= 0.3 is 5.69 Å². The van der Waals surface area contributed by atoms with Gasteiger partial charge in [-0.15, -0.1) is 0 Å². The van der Waals surface area contributed by atoms with Crippen LogP contribution in [-0.4, -0.2) is 36.4 Å². The van der Waals surface area contributed by atoms with E-state index in [0.29, 0.717) is 5.69 Å². The molecule has 0 aliphatic rings. The number of benzene rings is 1. The lowest BCUT2D eigenvalue weighted by Crippen LogP contribution is -2.40. The molecule has 0 unspecified atom stereocenters. The average Bonchev–Trinajstić information content (AvgIpc) is 3.20. The van der Waals surface area contributed by atoms with E-state index in [2.05, 4.69) is 20.6 Å². The number of nitrogens with one attached hydrogen (secondary N) is 1. The molecule has 158 valence electrons. The highest BCUT2D eigenvalue weighted by molar-refractivity contribution is 5.76. The molecule has 1 N–H and O–H groups in total. The number of hydrogen-bond donors (Lipinski definition) is 1. The van der Waals surface area contributed by atoms with Crippen molar-refractivity contribution in [2.45, 2.75) is 46.1 Å². The van der Waals surface area contributed by atoms with Gasteiger partial charge in [-0.25, -0.2) is 4.79 Å². The van der Waals surface area contributed by atoms with Gasteiger partial charge in [0.1, 0.15) is 0 Å². The summed E-state index contributed by atoms with van der Waals surface area (Å²) in [5.41, 5.74) is 0.199. The molecule has 0 fully saturated rings. The monoisotopic (exact) mass is 412 g/mol. The summed E-state index contributed by atoms with van der Waals surface area (Å²) in [6.07, 6.45) is 1.25. The Bertz CT molecular complexity index is 1160. The third kappa shape index (κ3) is 4.53. The number of carbonyl (C=O) groups is 1. The van der Waals surface area contributed by atoms with Crippen LogP contribution in [0.15, 0.2) is 38.4 Å². The number of aromatic nitrogens is 5. The minimum Gasteiger partial charge on any atom is -0.354 e. The predicted octanol–water partition coefficient (Wildman–Crippen LogP) is 1.14. The molecule has 2 aromatic heterocycles. The first-order valence-corrected chi connectivity index (χ1v) is 9.69. The van der Waals surface area contributed by atoms with Gasteiger partial charge in [0.2, 0.25) is 17.6 Å². The van der Waals surface area contributed by atoms with Crippen molar-refractivity contribution in [1.82, 2.24) is 29.8 Å². The number of aryl methyl sites for hydroxylation is 2. The summed E-state index contributed by atoms with van der Waals surface area (Å²) >= 11 is 0. The first-order chi connectivity index (χ1) is 14.3. The predicted molar refractivity (Wildman–Crippen MR) is 109 cm³/mol. The van der Waals surface area contributed by atoms with Crippen LogP contribution in [0.4, 0.5) is 0 Å². The van der Waals surface area contributed by atoms with Crippen LogP contribution in [0.3, 0.4) is 0 Å². The van der Waals surface area contributed by atoms with E-state index in [-0.39, 0.29) is 42.2 Å². The van der Waals surface area contributed by atoms with Crippen molar-refractivity contribution in [3.63, 3.8) is 0 Å². The Morgan fingerprint density at radius 2 is 1.93 bits per heavy atom. The molecular weight excluding hydrogens is 388 g/mol. The second kappa shape index (κ2) is 8.85. The summed E-state index contributed by atoms with van der Waals surface area (Å²) in [6, 6.07) is 7.23. The Morgan fingerprint density at radius 1 is 1.23 bits per heavy atom. The molecule has 0 aliphatic heterocycles. The zero-order valence-corrected chi connectivity index (χ0v) is 17.4. The molecule has 0 saturated carbocycles. The van der Waals surface area contributed by atoms with E-state index in [9.17, 15) is 14.4 Å². The molecular formula is C20H24N6O4. The van der Waals surface area contributed by atoms with Crippen molar-refractivity contribution in [2.24, 2.45) is 7.05 Å². The SMILES string of the molecule is CC[C@H](C)NC(=O)CCc1nc(-c2nn(-c3ccc(C)cc3)c(=O)n(C)c2=O)no1. The van der Waals surface area contributed by atoms with E-state index >= 15 is 0 Å². The van der Waals surface area contributed by atoms with Crippen LogP contribution in [-0.2, 0) is 18.3 Å². The van der Waals surface area contributed by atoms with Crippen LogP contribution in [0.2, 0.25) is 0 Å². The Labute approximate surface area is 172 Å². The van der Waals surface area contributed by atoms with E-state index in [1.807, 2.05) is 32.9 Å². The fourth-order valence-electron chi connectivity index (χ4n) is 2.69. The second-order valence-corrected chi connectivity index (χ2v) is 7.13. The van der Waals surface area contributed by atoms with Gasteiger partial charge in [0, 0.05) is 25.9 Å². The summed E-state index contributed by atoms with van der Waals surface area (Å²) in [7, 11) is 1.36. The molecule has 2 heterocycles. The zero-order chi connectivity index (χ0) is 21.8. The third-order valence-corrected chi connectivity index (χ3v) is 4.72. The topological polar surface area (TPSA) is 125 Å². The van der Waals surface area contributed by atoms with Crippen molar-refractivity contribution in [2.75, 3.05) is 0 Å². The van der Waals surface area contributed by atoms with Crippen LogP contribution in [0.25, 0.3) is 17.2 Å². The quantitative estimate of drug-likeness (QED) is 0.617. The van der Waals surface area contributed by atoms with Crippen LogP contribution < -0.4 is 16.6 Å². The van der Waals surface area contributed by atoms with E-state index in [4.69, 9.17) is 4.52 Å². The van der Waals surface area contributed by atoms with Gasteiger partial charge in [0.15, 0.2) is 5.69 Å². The average molecular weight is 412 g/mol. The van der Waals surface area contributed by atoms with E-state index in [1.54, 1.807) is 12.1 Å². The molecule has 30 heavy (non-hydrogen) atoms. The van der Waals surface area contributed by atoms with Gasteiger partial charge in [-0.1, -0.05) is 29.8 Å². The van der Waals surface area contributed by atoms with E-state index in [0.717, 1.165) is 21.2 Å². The van der Waals surface area contributed by atoms with Crippen molar-refractivity contribution >= 4 is 5.91 Å². The smallest absolute Gasteiger partial charge is 0.351 e. The molecule has 10 heteroatoms. The Morgan fingerprint density at radius 3 is 2.60 bits per heavy atom. The van der Waals surface area contributed by atoms with Gasteiger partial charge in [-0.05, 0) is 32.4 Å². The molecule has 1 atom stereocenters. The first kappa shape index (κ1) is 21.2. The first-order valence-electron chi connectivity index (χ1n) is 9.69. The maximum atomic E-state index is 12.6. The van der Waals surface area contributed by atoms with Gasteiger partial charge in [0.05, 0.1) is 5.69 Å². The number of amides is 1. The number of carbonyl (C=O) groups excluding carboxylic acids is 1. The molecule has 0 bridgehead atoms. The Balaban J connectivity index is 1.88. The molecule has 10 nitrogen and oxygen atoms in total. The molecule has 3 aromatic rings. The van der Waals surface area contributed by atoms with Crippen LogP contribution in [0, 0.1) is 6.92 Å². The molecule has 0 radical (unpaired) electrons. The van der Waals surface area contributed by atoms with Gasteiger partial charge in [-0.2, -0.15) is 14.8 Å². The number of hydrogen-bond acceptors (Lipinski definition) is 7. The van der Waals surface area contributed by atoms with Crippen molar-refractivity contribution < 1.29 is 9.32 Å². The van der Waals surface area contributed by atoms with E-state index in [1.165, 1.54) is 7.05 Å². The van der Waals surface area contributed by atoms with Crippen molar-refractivity contribution in [1.29, 1.82) is 0 Å². The van der Waals surface area contributed by atoms with E-state index < -0.39 is 11.2 Å². The normalized spacial score (nSPS) is 12.0. The standard InChI is InChI=1S/C20H24N6O4/c1-5-13(3)21-15(27)10-11-16-22-18(24-30-16)17-19(28)25(4)20(29)26(23-17)14-8-6-12(2)7-9-14/h6-9,13H,5,10-11H2,1-4H3,(H,21,27)/t13-/m0/s1. The maximum Gasteiger partial charge on any atom is 0.351 e. The molecule has 0 spiro atoms. The molecule has 1 amide bonds.